The Hall–Kier alpha value is -2.28. The first-order valence-electron chi connectivity index (χ1n) is 5.85. The number of rotatable bonds is 3. The van der Waals surface area contributed by atoms with Gasteiger partial charge >= 0.3 is 0 Å². The monoisotopic (exact) mass is 332 g/mol. The molecule has 0 N–H and O–H groups in total. The molecule has 100 valence electrons. The predicted octanol–water partition coefficient (Wildman–Crippen LogP) is 3.22. The highest BCUT2D eigenvalue weighted by Crippen LogP contribution is 2.25. The van der Waals surface area contributed by atoms with E-state index >= 15 is 0 Å². The average Bonchev–Trinajstić information content (AvgIpc) is 2.90. The zero-order valence-electron chi connectivity index (χ0n) is 10.2. The number of alkyl halides is 1. The van der Waals surface area contributed by atoms with Crippen LogP contribution in [0.15, 0.2) is 42.5 Å². The van der Waals surface area contributed by atoms with Crippen LogP contribution in [-0.2, 0) is 5.33 Å². The highest BCUT2D eigenvalue weighted by molar-refractivity contribution is 9.08. The fraction of sp³-hybridized carbons (Fsp3) is 0.0769. The Labute approximate surface area is 122 Å². The van der Waals surface area contributed by atoms with Gasteiger partial charge in [0.2, 0.25) is 0 Å². The summed E-state index contributed by atoms with van der Waals surface area (Å²) in [6, 6.07) is 12.5. The molecule has 0 unspecified atom stereocenters. The van der Waals surface area contributed by atoms with Gasteiger partial charge in [0, 0.05) is 17.0 Å². The van der Waals surface area contributed by atoms with Crippen molar-refractivity contribution in [3.05, 3.63) is 58.1 Å². The normalized spacial score (nSPS) is 10.8. The molecule has 0 saturated carbocycles. The fourth-order valence-electron chi connectivity index (χ4n) is 2.05. The van der Waals surface area contributed by atoms with Crippen LogP contribution in [0.2, 0.25) is 0 Å². The van der Waals surface area contributed by atoms with Gasteiger partial charge in [-0.3, -0.25) is 10.1 Å². The minimum Gasteiger partial charge on any atom is -0.258 e. The van der Waals surface area contributed by atoms with Gasteiger partial charge in [-0.25, -0.2) is 4.68 Å². The van der Waals surface area contributed by atoms with Crippen molar-refractivity contribution in [2.24, 2.45) is 0 Å². The highest BCUT2D eigenvalue weighted by Gasteiger charge is 2.15. The Morgan fingerprint density at radius 2 is 2.05 bits per heavy atom. The minimum absolute atomic E-state index is 0.0926. The lowest BCUT2D eigenvalue weighted by Crippen LogP contribution is -2.00. The quantitative estimate of drug-likeness (QED) is 0.419. The number of aromatic nitrogens is 3. The van der Waals surface area contributed by atoms with Crippen molar-refractivity contribution in [1.29, 1.82) is 0 Å². The number of hydrogen-bond acceptors (Lipinski definition) is 4. The number of benzene rings is 2. The van der Waals surface area contributed by atoms with Crippen LogP contribution in [0.3, 0.4) is 0 Å². The number of nitrogens with zero attached hydrogens (tertiary/aromatic N) is 4. The van der Waals surface area contributed by atoms with Gasteiger partial charge in [-0.1, -0.05) is 33.3 Å². The molecule has 0 saturated heterocycles. The van der Waals surface area contributed by atoms with Gasteiger partial charge in [-0.05, 0) is 24.3 Å². The lowest BCUT2D eigenvalue weighted by atomic mass is 10.2. The molecular weight excluding hydrogens is 324 g/mol. The Kier molecular flexibility index (Phi) is 3.19. The fourth-order valence-corrected chi connectivity index (χ4v) is 2.50. The zero-order chi connectivity index (χ0) is 14.1. The number of hydrogen-bond donors (Lipinski definition) is 0. The van der Waals surface area contributed by atoms with Crippen LogP contribution >= 0.6 is 15.9 Å². The summed E-state index contributed by atoms with van der Waals surface area (Å²) in [5, 5.41) is 19.5. The van der Waals surface area contributed by atoms with Gasteiger partial charge < -0.3 is 0 Å². The van der Waals surface area contributed by atoms with Gasteiger partial charge in [-0.2, -0.15) is 0 Å². The summed E-state index contributed by atoms with van der Waals surface area (Å²) in [4.78, 5) is 10.6. The van der Waals surface area contributed by atoms with Gasteiger partial charge in [-0.15, -0.1) is 5.10 Å². The Balaban J connectivity index is 2.17. The smallest absolute Gasteiger partial charge is 0.258 e. The number of halogens is 1. The van der Waals surface area contributed by atoms with Gasteiger partial charge in [0.05, 0.1) is 16.1 Å². The van der Waals surface area contributed by atoms with E-state index < -0.39 is 0 Å². The predicted molar refractivity (Wildman–Crippen MR) is 78.2 cm³/mol. The molecule has 0 atom stereocenters. The Bertz CT molecular complexity index is 800. The van der Waals surface area contributed by atoms with Crippen molar-refractivity contribution < 1.29 is 4.92 Å². The van der Waals surface area contributed by atoms with E-state index in [1.807, 2.05) is 24.3 Å². The first-order chi connectivity index (χ1) is 9.70. The minimum atomic E-state index is -0.389. The molecule has 0 aliphatic rings. The molecule has 20 heavy (non-hydrogen) atoms. The van der Waals surface area contributed by atoms with E-state index in [1.165, 1.54) is 6.07 Å². The number of nitro groups is 1. The van der Waals surface area contributed by atoms with E-state index in [2.05, 4.69) is 26.2 Å². The van der Waals surface area contributed by atoms with Crippen molar-refractivity contribution in [1.82, 2.24) is 15.0 Å². The number of para-hydroxylation sites is 1. The molecule has 0 radical (unpaired) electrons. The van der Waals surface area contributed by atoms with E-state index in [4.69, 9.17) is 0 Å². The van der Waals surface area contributed by atoms with Crippen molar-refractivity contribution in [2.75, 3.05) is 0 Å². The Morgan fingerprint density at radius 3 is 2.80 bits per heavy atom. The lowest BCUT2D eigenvalue weighted by molar-refractivity contribution is -0.385. The van der Waals surface area contributed by atoms with Gasteiger partial charge in [0.15, 0.2) is 0 Å². The molecule has 2 aromatic carbocycles. The molecule has 1 aromatic heterocycles. The van der Waals surface area contributed by atoms with Crippen LogP contribution in [0.1, 0.15) is 5.56 Å². The van der Waals surface area contributed by atoms with Crippen molar-refractivity contribution in [2.45, 2.75) is 5.33 Å². The van der Waals surface area contributed by atoms with Crippen molar-refractivity contribution in [3.8, 4) is 5.69 Å². The molecule has 7 heteroatoms. The summed E-state index contributed by atoms with van der Waals surface area (Å²) in [7, 11) is 0. The summed E-state index contributed by atoms with van der Waals surface area (Å²) in [5.41, 5.74) is 3.09. The summed E-state index contributed by atoms with van der Waals surface area (Å²) < 4.78 is 1.67. The van der Waals surface area contributed by atoms with E-state index in [0.717, 1.165) is 16.7 Å². The van der Waals surface area contributed by atoms with Crippen molar-refractivity contribution in [3.63, 3.8) is 0 Å². The van der Waals surface area contributed by atoms with E-state index in [9.17, 15) is 10.1 Å². The maximum atomic E-state index is 10.9. The summed E-state index contributed by atoms with van der Waals surface area (Å²) >= 11 is 3.27. The molecule has 0 aliphatic heterocycles. The Morgan fingerprint density at radius 1 is 1.25 bits per heavy atom. The first-order valence-corrected chi connectivity index (χ1v) is 6.97. The molecule has 1 heterocycles. The lowest BCUT2D eigenvalue weighted by Gasteiger charge is -2.05. The van der Waals surface area contributed by atoms with E-state index in [0.29, 0.717) is 10.9 Å². The largest absolute Gasteiger partial charge is 0.273 e. The number of nitro benzene ring substituents is 1. The van der Waals surface area contributed by atoms with Gasteiger partial charge in [0.1, 0.15) is 5.52 Å². The highest BCUT2D eigenvalue weighted by atomic mass is 79.9. The average molecular weight is 333 g/mol. The molecule has 3 rings (SSSR count). The molecule has 0 bridgehead atoms. The molecule has 0 spiro atoms. The molecular formula is C13H9BrN4O2. The second-order valence-corrected chi connectivity index (χ2v) is 4.75. The maximum Gasteiger partial charge on any atom is 0.273 e. The molecule has 0 aliphatic carbocycles. The molecule has 6 nitrogen and oxygen atoms in total. The third-order valence-electron chi connectivity index (χ3n) is 3.00. The van der Waals surface area contributed by atoms with Crippen LogP contribution in [0, 0.1) is 10.1 Å². The maximum absolute atomic E-state index is 10.9. The van der Waals surface area contributed by atoms with Gasteiger partial charge in [0.25, 0.3) is 5.69 Å². The molecule has 0 amide bonds. The zero-order valence-corrected chi connectivity index (χ0v) is 11.8. The summed E-state index contributed by atoms with van der Waals surface area (Å²) in [5.74, 6) is 0. The first kappa shape index (κ1) is 12.7. The van der Waals surface area contributed by atoms with Crippen LogP contribution < -0.4 is 0 Å². The van der Waals surface area contributed by atoms with Crippen LogP contribution in [0.5, 0.6) is 0 Å². The van der Waals surface area contributed by atoms with Crippen LogP contribution in [0.4, 0.5) is 5.69 Å². The standard InChI is InChI=1S/C13H9BrN4O2/c14-8-9-7-10(5-6-12(9)18(19)20)17-13-4-2-1-3-11(13)15-16-17/h1-7H,8H2. The molecule has 3 aromatic rings. The van der Waals surface area contributed by atoms with Crippen molar-refractivity contribution >= 4 is 32.7 Å². The van der Waals surface area contributed by atoms with Crippen LogP contribution in [0.25, 0.3) is 16.7 Å². The van der Waals surface area contributed by atoms with E-state index in [-0.39, 0.29) is 10.6 Å². The van der Waals surface area contributed by atoms with E-state index in [1.54, 1.807) is 16.8 Å². The topological polar surface area (TPSA) is 73.8 Å². The molecule has 0 fully saturated rings. The SMILES string of the molecule is O=[N+]([O-])c1ccc(-n2nnc3ccccc32)cc1CBr. The van der Waals surface area contributed by atoms with Crippen LogP contribution in [-0.4, -0.2) is 19.9 Å². The summed E-state index contributed by atoms with van der Waals surface area (Å²) in [6.45, 7) is 0. The summed E-state index contributed by atoms with van der Waals surface area (Å²) in [6.07, 6.45) is 0. The number of fused-ring (bicyclic) bond motifs is 1. The second-order valence-electron chi connectivity index (χ2n) is 4.19. The third-order valence-corrected chi connectivity index (χ3v) is 3.60. The second kappa shape index (κ2) is 5.01. The third kappa shape index (κ3) is 2.05.